The summed E-state index contributed by atoms with van der Waals surface area (Å²) < 4.78 is 0. The Balaban J connectivity index is 1.89. The molecule has 1 heterocycles. The molecule has 0 aromatic heterocycles. The molecular weight excluding hydrogens is 186 g/mol. The fraction of sp³-hybridized carbons (Fsp3) is 0.769. The molecule has 0 aromatic carbocycles. The van der Waals surface area contributed by atoms with Crippen LogP contribution in [0.1, 0.15) is 39.0 Å². The van der Waals surface area contributed by atoms with Gasteiger partial charge in [0, 0.05) is 19.0 Å². The monoisotopic (exact) mass is 207 g/mol. The molecule has 15 heavy (non-hydrogen) atoms. The van der Waals surface area contributed by atoms with E-state index in [1.807, 2.05) is 0 Å². The molecule has 0 bridgehead atoms. The van der Waals surface area contributed by atoms with Crippen LogP contribution in [0, 0.1) is 11.8 Å². The molecular formula is C13H21NO. The molecule has 1 aliphatic carbocycles. The van der Waals surface area contributed by atoms with Crippen molar-refractivity contribution in [1.82, 2.24) is 4.90 Å². The first-order chi connectivity index (χ1) is 7.27. The average molecular weight is 207 g/mol. The van der Waals surface area contributed by atoms with Crippen molar-refractivity contribution in [3.05, 3.63) is 12.2 Å². The second-order valence-electron chi connectivity index (χ2n) is 5.00. The van der Waals surface area contributed by atoms with Crippen LogP contribution in [0.2, 0.25) is 0 Å². The minimum absolute atomic E-state index is 0.262. The Morgan fingerprint density at radius 1 is 1.20 bits per heavy atom. The number of carbonyl (C=O) groups is 1. The number of allylic oxidation sites excluding steroid dienone is 2. The number of hydrogen-bond acceptors (Lipinski definition) is 1. The third-order valence-electron chi connectivity index (χ3n) is 3.69. The Kier molecular flexibility index (Phi) is 3.45. The molecule has 0 saturated carbocycles. The van der Waals surface area contributed by atoms with Gasteiger partial charge in [0.25, 0.3) is 0 Å². The number of rotatable bonds is 1. The van der Waals surface area contributed by atoms with E-state index in [0.29, 0.717) is 5.91 Å². The van der Waals surface area contributed by atoms with E-state index < -0.39 is 0 Å². The van der Waals surface area contributed by atoms with Gasteiger partial charge in [-0.1, -0.05) is 19.1 Å². The van der Waals surface area contributed by atoms with E-state index in [2.05, 4.69) is 24.0 Å². The quantitative estimate of drug-likeness (QED) is 0.605. The maximum absolute atomic E-state index is 12.1. The van der Waals surface area contributed by atoms with E-state index in [-0.39, 0.29) is 5.92 Å². The number of likely N-dealkylation sites (tertiary alicyclic amines) is 1. The highest BCUT2D eigenvalue weighted by molar-refractivity contribution is 5.79. The van der Waals surface area contributed by atoms with Crippen molar-refractivity contribution < 1.29 is 4.79 Å². The summed E-state index contributed by atoms with van der Waals surface area (Å²) in [6, 6.07) is 0. The smallest absolute Gasteiger partial charge is 0.226 e. The van der Waals surface area contributed by atoms with Crippen LogP contribution in [0.3, 0.4) is 0 Å². The lowest BCUT2D eigenvalue weighted by Crippen LogP contribution is -2.36. The van der Waals surface area contributed by atoms with Crippen molar-refractivity contribution in [2.24, 2.45) is 11.8 Å². The highest BCUT2D eigenvalue weighted by Crippen LogP contribution is 2.23. The van der Waals surface area contributed by atoms with Gasteiger partial charge >= 0.3 is 0 Å². The molecule has 1 aliphatic heterocycles. The third-order valence-corrected chi connectivity index (χ3v) is 3.69. The Labute approximate surface area is 92.3 Å². The third kappa shape index (κ3) is 2.61. The first-order valence-electron chi connectivity index (χ1n) is 6.21. The molecule has 1 fully saturated rings. The zero-order chi connectivity index (χ0) is 10.7. The molecule has 0 spiro atoms. The minimum atomic E-state index is 0.262. The molecule has 1 amide bonds. The molecule has 0 radical (unpaired) electrons. The Morgan fingerprint density at radius 2 is 1.93 bits per heavy atom. The summed E-state index contributed by atoms with van der Waals surface area (Å²) >= 11 is 0. The summed E-state index contributed by atoms with van der Waals surface area (Å²) in [6.45, 7) is 4.27. The molecule has 0 unspecified atom stereocenters. The lowest BCUT2D eigenvalue weighted by molar-refractivity contribution is -0.135. The average Bonchev–Trinajstić information content (AvgIpc) is 2.67. The van der Waals surface area contributed by atoms with Crippen LogP contribution in [0.4, 0.5) is 0 Å². The van der Waals surface area contributed by atoms with Crippen LogP contribution in [0.15, 0.2) is 12.2 Å². The number of amides is 1. The van der Waals surface area contributed by atoms with Crippen LogP contribution in [-0.2, 0) is 4.79 Å². The topological polar surface area (TPSA) is 20.3 Å². The molecule has 0 aromatic rings. The predicted octanol–water partition coefficient (Wildman–Crippen LogP) is 2.60. The summed E-state index contributed by atoms with van der Waals surface area (Å²) in [5, 5.41) is 0. The molecule has 2 heteroatoms. The molecule has 84 valence electrons. The number of hydrogen-bond donors (Lipinski definition) is 0. The zero-order valence-electron chi connectivity index (χ0n) is 9.61. The van der Waals surface area contributed by atoms with Gasteiger partial charge in [-0.15, -0.1) is 0 Å². The number of carbonyl (C=O) groups excluding carboxylic acids is 1. The second-order valence-corrected chi connectivity index (χ2v) is 5.00. The van der Waals surface area contributed by atoms with Crippen molar-refractivity contribution >= 4 is 5.91 Å². The van der Waals surface area contributed by atoms with E-state index in [0.717, 1.165) is 31.8 Å². The van der Waals surface area contributed by atoms with Crippen LogP contribution < -0.4 is 0 Å². The molecule has 2 aliphatic rings. The van der Waals surface area contributed by atoms with Gasteiger partial charge in [-0.05, 0) is 38.0 Å². The molecule has 1 saturated heterocycles. The van der Waals surface area contributed by atoms with Gasteiger partial charge in [0.15, 0.2) is 0 Å². The van der Waals surface area contributed by atoms with E-state index in [1.54, 1.807) is 0 Å². The van der Waals surface area contributed by atoms with E-state index >= 15 is 0 Å². The van der Waals surface area contributed by atoms with E-state index in [1.165, 1.54) is 19.3 Å². The second kappa shape index (κ2) is 4.82. The van der Waals surface area contributed by atoms with Gasteiger partial charge in [-0.2, -0.15) is 0 Å². The lowest BCUT2D eigenvalue weighted by atomic mass is 10.0. The first-order valence-corrected chi connectivity index (χ1v) is 6.21. The summed E-state index contributed by atoms with van der Waals surface area (Å²) in [5.41, 5.74) is 0. The maximum Gasteiger partial charge on any atom is 0.226 e. The van der Waals surface area contributed by atoms with Gasteiger partial charge in [-0.25, -0.2) is 0 Å². The fourth-order valence-corrected chi connectivity index (χ4v) is 2.56. The number of nitrogens with zero attached hydrogens (tertiary/aromatic N) is 1. The van der Waals surface area contributed by atoms with Crippen LogP contribution in [0.25, 0.3) is 0 Å². The van der Waals surface area contributed by atoms with Gasteiger partial charge in [0.05, 0.1) is 0 Å². The van der Waals surface area contributed by atoms with E-state index in [9.17, 15) is 4.79 Å². The van der Waals surface area contributed by atoms with Gasteiger partial charge in [0.1, 0.15) is 0 Å². The zero-order valence-corrected chi connectivity index (χ0v) is 9.61. The van der Waals surface area contributed by atoms with Crippen molar-refractivity contribution in [3.8, 4) is 0 Å². The van der Waals surface area contributed by atoms with Crippen molar-refractivity contribution in [3.63, 3.8) is 0 Å². The highest BCUT2D eigenvalue weighted by atomic mass is 16.2. The summed E-state index contributed by atoms with van der Waals surface area (Å²) in [5.74, 6) is 1.46. The van der Waals surface area contributed by atoms with E-state index in [4.69, 9.17) is 0 Å². The van der Waals surface area contributed by atoms with Crippen LogP contribution >= 0.6 is 0 Å². The molecule has 1 atom stereocenters. The van der Waals surface area contributed by atoms with Gasteiger partial charge in [-0.3, -0.25) is 4.79 Å². The Bertz CT molecular complexity index is 251. The summed E-state index contributed by atoms with van der Waals surface area (Å²) in [6.07, 6.45) is 9.87. The summed E-state index contributed by atoms with van der Waals surface area (Å²) in [4.78, 5) is 14.2. The summed E-state index contributed by atoms with van der Waals surface area (Å²) in [7, 11) is 0. The van der Waals surface area contributed by atoms with Crippen LogP contribution in [0.5, 0.6) is 0 Å². The fourth-order valence-electron chi connectivity index (χ4n) is 2.56. The SMILES string of the molecule is C[C@H]1CCCN(C(=O)C2CC=CC2)CC1. The Morgan fingerprint density at radius 3 is 2.67 bits per heavy atom. The largest absolute Gasteiger partial charge is 0.342 e. The van der Waals surface area contributed by atoms with Gasteiger partial charge in [0.2, 0.25) is 5.91 Å². The maximum atomic E-state index is 12.1. The molecule has 2 rings (SSSR count). The molecule has 0 N–H and O–H groups in total. The van der Waals surface area contributed by atoms with Gasteiger partial charge < -0.3 is 4.90 Å². The Hall–Kier alpha value is -0.790. The van der Waals surface area contributed by atoms with Crippen molar-refractivity contribution in [2.75, 3.05) is 13.1 Å². The minimum Gasteiger partial charge on any atom is -0.342 e. The lowest BCUT2D eigenvalue weighted by Gasteiger charge is -2.23. The predicted molar refractivity (Wildman–Crippen MR) is 61.5 cm³/mol. The van der Waals surface area contributed by atoms with Crippen molar-refractivity contribution in [2.45, 2.75) is 39.0 Å². The van der Waals surface area contributed by atoms with Crippen LogP contribution in [-0.4, -0.2) is 23.9 Å². The standard InChI is InChI=1S/C13H21NO/c1-11-5-4-9-14(10-8-11)13(15)12-6-2-3-7-12/h2-3,11-12H,4-10H2,1H3/t11-/m0/s1. The normalized spacial score (nSPS) is 28.1. The van der Waals surface area contributed by atoms with Crippen molar-refractivity contribution in [1.29, 1.82) is 0 Å². The highest BCUT2D eigenvalue weighted by Gasteiger charge is 2.25. The molecule has 2 nitrogen and oxygen atoms in total. The first kappa shape index (κ1) is 10.7.